The third-order valence-electron chi connectivity index (χ3n) is 3.88. The lowest BCUT2D eigenvalue weighted by Gasteiger charge is -2.19. The smallest absolute Gasteiger partial charge is 0.240 e. The topological polar surface area (TPSA) is 65.5 Å². The number of rotatable bonds is 8. The number of aliphatic hydroxyl groups is 1. The molecule has 6 heteroatoms. The molecule has 5 nitrogen and oxygen atoms in total. The zero-order chi connectivity index (χ0) is 17.5. The standard InChI is InChI=1S/C18H25N3O2S/c1-4-7-21(8-9-22)11-17(23)20-18-19-16(12-24-18)15-6-5-13(2)14(3)10-15/h5-6,10,12,22H,4,7-9,11H2,1-3H3,(H,19,20,23). The van der Waals surface area contributed by atoms with Crippen molar-refractivity contribution < 1.29 is 9.90 Å². The van der Waals surface area contributed by atoms with E-state index in [1.807, 2.05) is 16.3 Å². The minimum Gasteiger partial charge on any atom is -0.395 e. The lowest BCUT2D eigenvalue weighted by atomic mass is 10.1. The Labute approximate surface area is 147 Å². The fourth-order valence-electron chi connectivity index (χ4n) is 2.45. The molecule has 2 aromatic rings. The zero-order valence-electron chi connectivity index (χ0n) is 14.5. The van der Waals surface area contributed by atoms with E-state index in [1.54, 1.807) is 0 Å². The lowest BCUT2D eigenvalue weighted by Crippen LogP contribution is -2.35. The summed E-state index contributed by atoms with van der Waals surface area (Å²) in [7, 11) is 0. The number of nitrogens with zero attached hydrogens (tertiary/aromatic N) is 2. The molecule has 1 amide bonds. The Bertz CT molecular complexity index is 679. The summed E-state index contributed by atoms with van der Waals surface area (Å²) in [5, 5.41) is 14.5. The van der Waals surface area contributed by atoms with Gasteiger partial charge in [0.25, 0.3) is 0 Å². The number of hydrogen-bond donors (Lipinski definition) is 2. The number of carbonyl (C=O) groups is 1. The van der Waals surface area contributed by atoms with Crippen molar-refractivity contribution in [3.63, 3.8) is 0 Å². The van der Waals surface area contributed by atoms with Crippen LogP contribution in [0.3, 0.4) is 0 Å². The van der Waals surface area contributed by atoms with Gasteiger partial charge in [-0.2, -0.15) is 0 Å². The largest absolute Gasteiger partial charge is 0.395 e. The molecule has 0 radical (unpaired) electrons. The highest BCUT2D eigenvalue weighted by molar-refractivity contribution is 7.14. The maximum Gasteiger partial charge on any atom is 0.240 e. The predicted molar refractivity (Wildman–Crippen MR) is 99.5 cm³/mol. The van der Waals surface area contributed by atoms with E-state index in [9.17, 15) is 4.79 Å². The van der Waals surface area contributed by atoms with Crippen LogP contribution in [0.4, 0.5) is 5.13 Å². The van der Waals surface area contributed by atoms with Gasteiger partial charge in [-0.05, 0) is 44.0 Å². The lowest BCUT2D eigenvalue weighted by molar-refractivity contribution is -0.117. The van der Waals surface area contributed by atoms with Gasteiger partial charge >= 0.3 is 0 Å². The van der Waals surface area contributed by atoms with Gasteiger partial charge in [-0.1, -0.05) is 19.1 Å². The van der Waals surface area contributed by atoms with E-state index in [0.717, 1.165) is 24.2 Å². The molecule has 0 bridgehead atoms. The van der Waals surface area contributed by atoms with Crippen molar-refractivity contribution in [1.29, 1.82) is 0 Å². The zero-order valence-corrected chi connectivity index (χ0v) is 15.3. The average molecular weight is 347 g/mol. The monoisotopic (exact) mass is 347 g/mol. The highest BCUT2D eigenvalue weighted by Gasteiger charge is 2.12. The van der Waals surface area contributed by atoms with Crippen LogP contribution in [0, 0.1) is 13.8 Å². The van der Waals surface area contributed by atoms with Gasteiger partial charge in [0.2, 0.25) is 5.91 Å². The van der Waals surface area contributed by atoms with Crippen molar-refractivity contribution in [3.8, 4) is 11.3 Å². The molecule has 1 aromatic carbocycles. The molecule has 24 heavy (non-hydrogen) atoms. The number of aliphatic hydroxyl groups excluding tert-OH is 1. The minimum atomic E-state index is -0.0992. The number of aryl methyl sites for hydroxylation is 2. The summed E-state index contributed by atoms with van der Waals surface area (Å²) in [6.45, 7) is 7.84. The first-order chi connectivity index (χ1) is 11.5. The van der Waals surface area contributed by atoms with Gasteiger partial charge < -0.3 is 10.4 Å². The summed E-state index contributed by atoms with van der Waals surface area (Å²) < 4.78 is 0. The second-order valence-electron chi connectivity index (χ2n) is 5.88. The van der Waals surface area contributed by atoms with Crippen molar-refractivity contribution in [2.24, 2.45) is 0 Å². The summed E-state index contributed by atoms with van der Waals surface area (Å²) in [5.41, 5.74) is 4.41. The highest BCUT2D eigenvalue weighted by atomic mass is 32.1. The normalized spacial score (nSPS) is 11.0. The Morgan fingerprint density at radius 3 is 2.75 bits per heavy atom. The van der Waals surface area contributed by atoms with Crippen molar-refractivity contribution in [1.82, 2.24) is 9.88 Å². The van der Waals surface area contributed by atoms with Crippen LogP contribution in [0.15, 0.2) is 23.6 Å². The van der Waals surface area contributed by atoms with Crippen LogP contribution in [0.5, 0.6) is 0 Å². The van der Waals surface area contributed by atoms with Gasteiger partial charge in [0.1, 0.15) is 0 Å². The van der Waals surface area contributed by atoms with E-state index >= 15 is 0 Å². The Hall–Kier alpha value is -1.76. The molecule has 0 aliphatic heterocycles. The first kappa shape index (κ1) is 18.6. The minimum absolute atomic E-state index is 0.0570. The van der Waals surface area contributed by atoms with Gasteiger partial charge in [0, 0.05) is 17.5 Å². The molecule has 1 aromatic heterocycles. The third-order valence-corrected chi connectivity index (χ3v) is 4.63. The molecule has 2 N–H and O–H groups in total. The van der Waals surface area contributed by atoms with Crippen molar-refractivity contribution in [3.05, 3.63) is 34.7 Å². The first-order valence-electron chi connectivity index (χ1n) is 8.19. The molecule has 2 rings (SSSR count). The van der Waals surface area contributed by atoms with E-state index in [0.29, 0.717) is 11.7 Å². The summed E-state index contributed by atoms with van der Waals surface area (Å²) in [6, 6.07) is 6.24. The fourth-order valence-corrected chi connectivity index (χ4v) is 3.19. The van der Waals surface area contributed by atoms with Crippen LogP contribution in [0.2, 0.25) is 0 Å². The summed E-state index contributed by atoms with van der Waals surface area (Å²) >= 11 is 1.43. The molecule has 1 heterocycles. The van der Waals surface area contributed by atoms with Gasteiger partial charge in [-0.25, -0.2) is 4.98 Å². The van der Waals surface area contributed by atoms with Gasteiger partial charge in [-0.15, -0.1) is 11.3 Å². The van der Waals surface area contributed by atoms with Gasteiger partial charge in [-0.3, -0.25) is 9.69 Å². The Balaban J connectivity index is 2.00. The maximum absolute atomic E-state index is 12.1. The van der Waals surface area contributed by atoms with Crippen LogP contribution in [0.25, 0.3) is 11.3 Å². The average Bonchev–Trinajstić information content (AvgIpc) is 2.99. The molecule has 0 aliphatic carbocycles. The van der Waals surface area contributed by atoms with Crippen molar-refractivity contribution >= 4 is 22.4 Å². The van der Waals surface area contributed by atoms with E-state index < -0.39 is 0 Å². The molecule has 130 valence electrons. The summed E-state index contributed by atoms with van der Waals surface area (Å²) in [5.74, 6) is -0.0992. The van der Waals surface area contributed by atoms with Gasteiger partial charge in [0.15, 0.2) is 5.13 Å². The van der Waals surface area contributed by atoms with Crippen molar-refractivity contribution in [2.75, 3.05) is 31.6 Å². The van der Waals surface area contributed by atoms with Crippen LogP contribution >= 0.6 is 11.3 Å². The molecule has 0 atom stereocenters. The first-order valence-corrected chi connectivity index (χ1v) is 9.07. The second kappa shape index (κ2) is 8.92. The van der Waals surface area contributed by atoms with Crippen LogP contribution in [-0.4, -0.2) is 47.1 Å². The Morgan fingerprint density at radius 2 is 2.08 bits per heavy atom. The quantitative estimate of drug-likeness (QED) is 0.770. The molecule has 0 saturated carbocycles. The summed E-state index contributed by atoms with van der Waals surface area (Å²) in [4.78, 5) is 18.6. The molecule has 0 spiro atoms. The summed E-state index contributed by atoms with van der Waals surface area (Å²) in [6.07, 6.45) is 0.946. The van der Waals surface area contributed by atoms with Gasteiger partial charge in [0.05, 0.1) is 18.8 Å². The SMILES string of the molecule is CCCN(CCO)CC(=O)Nc1nc(-c2ccc(C)c(C)c2)cs1. The number of benzene rings is 1. The van der Waals surface area contributed by atoms with E-state index in [2.05, 4.69) is 43.2 Å². The Morgan fingerprint density at radius 1 is 1.29 bits per heavy atom. The number of amides is 1. The van der Waals surface area contributed by atoms with Crippen LogP contribution < -0.4 is 5.32 Å². The second-order valence-corrected chi connectivity index (χ2v) is 6.74. The van der Waals surface area contributed by atoms with Crippen molar-refractivity contribution in [2.45, 2.75) is 27.2 Å². The predicted octanol–water partition coefficient (Wildman–Crippen LogP) is 3.07. The molecule has 0 fully saturated rings. The molecule has 0 unspecified atom stereocenters. The molecular weight excluding hydrogens is 322 g/mol. The number of anilines is 1. The van der Waals surface area contributed by atoms with Crippen LogP contribution in [-0.2, 0) is 4.79 Å². The van der Waals surface area contributed by atoms with Crippen LogP contribution in [0.1, 0.15) is 24.5 Å². The number of aromatic nitrogens is 1. The number of hydrogen-bond acceptors (Lipinski definition) is 5. The number of carbonyl (C=O) groups excluding carboxylic acids is 1. The number of thiazole rings is 1. The van der Waals surface area contributed by atoms with E-state index in [1.165, 1.54) is 22.5 Å². The maximum atomic E-state index is 12.1. The number of nitrogens with one attached hydrogen (secondary N) is 1. The Kier molecular flexibility index (Phi) is 6.90. The molecule has 0 saturated heterocycles. The fraction of sp³-hybridized carbons (Fsp3) is 0.444. The molecular formula is C18H25N3O2S. The van der Waals surface area contributed by atoms with E-state index in [4.69, 9.17) is 5.11 Å². The highest BCUT2D eigenvalue weighted by Crippen LogP contribution is 2.26. The molecule has 0 aliphatic rings. The third kappa shape index (κ3) is 5.12. The van der Waals surface area contributed by atoms with E-state index in [-0.39, 0.29) is 19.1 Å².